The predicted molar refractivity (Wildman–Crippen MR) is 241 cm³/mol. The molecule has 56 heavy (non-hydrogen) atoms. The van der Waals surface area contributed by atoms with Gasteiger partial charge in [-0.15, -0.1) is 0 Å². The normalized spacial score (nSPS) is 12.7. The summed E-state index contributed by atoms with van der Waals surface area (Å²) in [6.45, 7) is 4.91. The minimum absolute atomic E-state index is 0.0111. The summed E-state index contributed by atoms with van der Waals surface area (Å²) in [5, 5.41) is 23.1. The fourth-order valence-electron chi connectivity index (χ4n) is 7.69. The number of aliphatic hydroxyl groups excluding tert-OH is 2. The molecule has 0 aromatic carbocycles. The van der Waals surface area contributed by atoms with Crippen molar-refractivity contribution < 1.29 is 24.5 Å². The van der Waals surface area contributed by atoms with Gasteiger partial charge in [-0.3, -0.25) is 9.59 Å². The summed E-state index contributed by atoms with van der Waals surface area (Å²) in [5.41, 5.74) is 0. The molecule has 1 amide bonds. The molecule has 0 aliphatic rings. The molecule has 0 aromatic rings. The molecule has 0 aliphatic heterocycles. The maximum atomic E-state index is 12.4. The van der Waals surface area contributed by atoms with Gasteiger partial charge < -0.3 is 20.3 Å². The van der Waals surface area contributed by atoms with E-state index >= 15 is 0 Å². The molecular formula is C50H97NO5. The molecule has 0 rings (SSSR count). The zero-order valence-electron chi connectivity index (χ0n) is 37.6. The smallest absolute Gasteiger partial charge is 0.305 e. The van der Waals surface area contributed by atoms with E-state index in [2.05, 4.69) is 31.3 Å². The van der Waals surface area contributed by atoms with Crippen molar-refractivity contribution in [2.45, 2.75) is 283 Å². The molecule has 0 saturated heterocycles. The largest absolute Gasteiger partial charge is 0.466 e. The first-order valence-electron chi connectivity index (χ1n) is 24.9. The fourth-order valence-corrected chi connectivity index (χ4v) is 7.69. The average molecular weight is 792 g/mol. The highest BCUT2D eigenvalue weighted by Crippen LogP contribution is 2.16. The van der Waals surface area contributed by atoms with Crippen LogP contribution in [0.3, 0.4) is 0 Å². The zero-order valence-corrected chi connectivity index (χ0v) is 37.6. The predicted octanol–water partition coefficient (Wildman–Crippen LogP) is 14.6. The molecule has 332 valence electrons. The van der Waals surface area contributed by atoms with Gasteiger partial charge in [-0.05, 0) is 51.4 Å². The number of unbranched alkanes of at least 4 members (excludes halogenated alkanes) is 33. The number of esters is 1. The van der Waals surface area contributed by atoms with Crippen LogP contribution in [-0.2, 0) is 14.3 Å². The lowest BCUT2D eigenvalue weighted by Crippen LogP contribution is -2.45. The van der Waals surface area contributed by atoms with E-state index in [4.69, 9.17) is 4.74 Å². The summed E-state index contributed by atoms with van der Waals surface area (Å²) >= 11 is 0. The molecule has 6 nitrogen and oxygen atoms in total. The molecule has 0 bridgehead atoms. The second kappa shape index (κ2) is 46.3. The van der Waals surface area contributed by atoms with Crippen molar-refractivity contribution >= 4 is 11.9 Å². The summed E-state index contributed by atoms with van der Waals surface area (Å²) in [4.78, 5) is 24.4. The summed E-state index contributed by atoms with van der Waals surface area (Å²) in [6.07, 6.45) is 51.7. The van der Waals surface area contributed by atoms with Crippen LogP contribution in [0.2, 0.25) is 0 Å². The maximum absolute atomic E-state index is 12.4. The Labute approximate surface area is 349 Å². The summed E-state index contributed by atoms with van der Waals surface area (Å²) in [7, 11) is 0. The van der Waals surface area contributed by atoms with Gasteiger partial charge in [0.15, 0.2) is 0 Å². The van der Waals surface area contributed by atoms with Crippen molar-refractivity contribution in [2.75, 3.05) is 13.2 Å². The van der Waals surface area contributed by atoms with Crippen LogP contribution in [0, 0.1) is 0 Å². The number of hydrogen-bond donors (Lipinski definition) is 3. The van der Waals surface area contributed by atoms with E-state index in [1.165, 1.54) is 167 Å². The number of hydrogen-bond acceptors (Lipinski definition) is 5. The second-order valence-corrected chi connectivity index (χ2v) is 17.1. The molecule has 0 radical (unpaired) electrons. The summed E-state index contributed by atoms with van der Waals surface area (Å²) < 4.78 is 5.45. The molecule has 2 atom stereocenters. The van der Waals surface area contributed by atoms with E-state index in [0.717, 1.165) is 70.6 Å². The van der Waals surface area contributed by atoms with Crippen molar-refractivity contribution in [3.05, 3.63) is 12.2 Å². The first kappa shape index (κ1) is 54.6. The Morgan fingerprint density at radius 3 is 1.29 bits per heavy atom. The van der Waals surface area contributed by atoms with Gasteiger partial charge in [0.25, 0.3) is 0 Å². The van der Waals surface area contributed by atoms with Gasteiger partial charge in [0, 0.05) is 12.8 Å². The van der Waals surface area contributed by atoms with E-state index in [9.17, 15) is 19.8 Å². The van der Waals surface area contributed by atoms with E-state index in [0.29, 0.717) is 25.9 Å². The highest BCUT2D eigenvalue weighted by Gasteiger charge is 2.20. The number of ether oxygens (including phenoxy) is 1. The molecule has 0 aliphatic carbocycles. The molecule has 0 aromatic heterocycles. The highest BCUT2D eigenvalue weighted by atomic mass is 16.5. The van der Waals surface area contributed by atoms with Crippen LogP contribution in [-0.4, -0.2) is 47.4 Å². The monoisotopic (exact) mass is 792 g/mol. The number of carbonyl (C=O) groups is 2. The Bertz CT molecular complexity index is 832. The molecule has 0 heterocycles. The Hall–Kier alpha value is -1.40. The van der Waals surface area contributed by atoms with Gasteiger partial charge in [-0.25, -0.2) is 0 Å². The van der Waals surface area contributed by atoms with Crippen molar-refractivity contribution in [2.24, 2.45) is 0 Å². The SMILES string of the molecule is CCCCCCCCCCCCCCCC(=O)OCCCCCCCC/C=C\CCCCCC(=O)NC(CO)C(O)CCCCCCCCCCCCCCC. The molecule has 2 unspecified atom stereocenters. The van der Waals surface area contributed by atoms with Crippen LogP contribution in [0.4, 0.5) is 0 Å². The lowest BCUT2D eigenvalue weighted by Gasteiger charge is -2.22. The first-order chi connectivity index (χ1) is 27.5. The highest BCUT2D eigenvalue weighted by molar-refractivity contribution is 5.76. The van der Waals surface area contributed by atoms with Gasteiger partial charge >= 0.3 is 5.97 Å². The number of rotatable bonds is 46. The zero-order chi connectivity index (χ0) is 40.8. The van der Waals surface area contributed by atoms with Crippen molar-refractivity contribution in [1.29, 1.82) is 0 Å². The first-order valence-corrected chi connectivity index (χ1v) is 24.9. The lowest BCUT2D eigenvalue weighted by atomic mass is 10.0. The minimum Gasteiger partial charge on any atom is -0.466 e. The molecule has 0 spiro atoms. The number of nitrogens with one attached hydrogen (secondary N) is 1. The van der Waals surface area contributed by atoms with Gasteiger partial charge in [0.1, 0.15) is 0 Å². The van der Waals surface area contributed by atoms with Crippen LogP contribution in [0.15, 0.2) is 12.2 Å². The Morgan fingerprint density at radius 1 is 0.482 bits per heavy atom. The molecule has 0 fully saturated rings. The fraction of sp³-hybridized carbons (Fsp3) is 0.920. The standard InChI is InChI=1S/C50H97NO5/c1-3-5-7-9-11-13-15-18-22-26-30-34-38-42-48(53)47(46-52)51-49(54)43-39-35-31-27-23-20-17-21-25-29-33-37-41-45-56-50(55)44-40-36-32-28-24-19-16-14-12-10-8-6-4-2/h20,23,47-48,52-53H,3-19,21-22,24-46H2,1-2H3,(H,51,54)/b23-20-. The van der Waals surface area contributed by atoms with Crippen LogP contribution in [0.5, 0.6) is 0 Å². The van der Waals surface area contributed by atoms with Crippen molar-refractivity contribution in [3.63, 3.8) is 0 Å². The molecule has 3 N–H and O–H groups in total. The van der Waals surface area contributed by atoms with Gasteiger partial charge in [-0.1, -0.05) is 219 Å². The van der Waals surface area contributed by atoms with Gasteiger partial charge in [0.2, 0.25) is 5.91 Å². The minimum atomic E-state index is -0.679. The number of carbonyl (C=O) groups excluding carboxylic acids is 2. The third kappa shape index (κ3) is 42.2. The third-order valence-corrected chi connectivity index (χ3v) is 11.6. The summed E-state index contributed by atoms with van der Waals surface area (Å²) in [6, 6.07) is -0.559. The van der Waals surface area contributed by atoms with Gasteiger partial charge in [-0.2, -0.15) is 0 Å². The average Bonchev–Trinajstić information content (AvgIpc) is 3.20. The lowest BCUT2D eigenvalue weighted by molar-refractivity contribution is -0.143. The summed E-state index contributed by atoms with van der Waals surface area (Å²) in [5.74, 6) is -0.0757. The van der Waals surface area contributed by atoms with Gasteiger partial charge in [0.05, 0.1) is 25.4 Å². The van der Waals surface area contributed by atoms with Crippen LogP contribution < -0.4 is 5.32 Å². The van der Waals surface area contributed by atoms with Crippen LogP contribution in [0.25, 0.3) is 0 Å². The third-order valence-electron chi connectivity index (χ3n) is 11.6. The Morgan fingerprint density at radius 2 is 0.839 bits per heavy atom. The van der Waals surface area contributed by atoms with E-state index in [1.54, 1.807) is 0 Å². The van der Waals surface area contributed by atoms with E-state index < -0.39 is 12.1 Å². The number of amides is 1. The molecule has 6 heteroatoms. The topological polar surface area (TPSA) is 95.9 Å². The Balaban J connectivity index is 3.49. The second-order valence-electron chi connectivity index (χ2n) is 17.1. The molecule has 0 saturated carbocycles. The Kier molecular flexibility index (Phi) is 45.1. The molecular weight excluding hydrogens is 695 g/mol. The van der Waals surface area contributed by atoms with Crippen molar-refractivity contribution in [1.82, 2.24) is 5.32 Å². The van der Waals surface area contributed by atoms with Crippen LogP contribution >= 0.6 is 0 Å². The van der Waals surface area contributed by atoms with E-state index in [-0.39, 0.29) is 18.5 Å². The van der Waals surface area contributed by atoms with Crippen molar-refractivity contribution in [3.8, 4) is 0 Å². The number of allylic oxidation sites excluding steroid dienone is 2. The van der Waals surface area contributed by atoms with E-state index in [1.807, 2.05) is 0 Å². The maximum Gasteiger partial charge on any atom is 0.305 e. The quantitative estimate of drug-likeness (QED) is 0.0324. The number of aliphatic hydroxyl groups is 2. The van der Waals surface area contributed by atoms with Crippen LogP contribution in [0.1, 0.15) is 271 Å².